The third-order valence-electron chi connectivity index (χ3n) is 3.86. The molecule has 1 heterocycles. The summed E-state index contributed by atoms with van der Waals surface area (Å²) in [5.41, 5.74) is 7.42. The Morgan fingerprint density at radius 3 is 2.86 bits per heavy atom. The molecule has 0 aliphatic carbocycles. The van der Waals surface area contributed by atoms with Gasteiger partial charge in [-0.25, -0.2) is 5.43 Å². The Bertz CT molecular complexity index is 650. The van der Waals surface area contributed by atoms with Crippen LogP contribution in [-0.4, -0.2) is 23.9 Å². The van der Waals surface area contributed by atoms with Gasteiger partial charge in [0.25, 0.3) is 0 Å². The first-order chi connectivity index (χ1) is 10.4. The van der Waals surface area contributed by atoms with Gasteiger partial charge in [-0.1, -0.05) is 25.4 Å². The fourth-order valence-electron chi connectivity index (χ4n) is 2.57. The minimum atomic E-state index is -0.0460. The Hall–Kier alpha value is -1.68. The lowest BCUT2D eigenvalue weighted by Crippen LogP contribution is -2.32. The first-order valence-electron chi connectivity index (χ1n) is 7.62. The summed E-state index contributed by atoms with van der Waals surface area (Å²) < 4.78 is 0. The number of hydrazone groups is 1. The van der Waals surface area contributed by atoms with Crippen LogP contribution in [0.5, 0.6) is 0 Å². The van der Waals surface area contributed by atoms with E-state index >= 15 is 0 Å². The van der Waals surface area contributed by atoms with E-state index in [-0.39, 0.29) is 11.8 Å². The van der Waals surface area contributed by atoms with E-state index in [1.54, 1.807) is 0 Å². The van der Waals surface area contributed by atoms with E-state index in [1.165, 1.54) is 0 Å². The van der Waals surface area contributed by atoms with Crippen molar-refractivity contribution in [3.05, 3.63) is 33.8 Å². The maximum Gasteiger partial charge on any atom is 0.240 e. The maximum absolute atomic E-state index is 11.4. The van der Waals surface area contributed by atoms with E-state index in [0.717, 1.165) is 41.1 Å². The summed E-state index contributed by atoms with van der Waals surface area (Å²) >= 11 is 6.40. The largest absolute Gasteiger partial charge is 0.289 e. The van der Waals surface area contributed by atoms with Crippen molar-refractivity contribution in [1.29, 1.82) is 0 Å². The van der Waals surface area contributed by atoms with Crippen molar-refractivity contribution in [2.45, 2.75) is 40.5 Å². The van der Waals surface area contributed by atoms with Gasteiger partial charge in [-0.05, 0) is 38.0 Å². The second-order valence-corrected chi connectivity index (χ2v) is 6.14. The molecule has 0 saturated carbocycles. The fraction of sp³-hybridized carbons (Fsp3) is 0.471. The van der Waals surface area contributed by atoms with Crippen molar-refractivity contribution < 1.29 is 4.79 Å². The molecule has 5 heteroatoms. The molecule has 4 nitrogen and oxygen atoms in total. The lowest BCUT2D eigenvalue weighted by atomic mass is 9.91. The van der Waals surface area contributed by atoms with Gasteiger partial charge >= 0.3 is 0 Å². The standard InChI is InChI=1S/C17H22ClN3O/c1-5-6-19-12(4)14-8-13(9-15(18)11(14)3)17-10(2)7-16(22)20-21-17/h8-10H,5-7H2,1-4H3,(H,20,22). The number of carbonyl (C=O) groups excluding carboxylic acids is 1. The molecule has 118 valence electrons. The quantitative estimate of drug-likeness (QED) is 0.845. The summed E-state index contributed by atoms with van der Waals surface area (Å²) in [5.74, 6) is 0.0311. The van der Waals surface area contributed by atoms with Gasteiger partial charge in [0, 0.05) is 40.7 Å². The summed E-state index contributed by atoms with van der Waals surface area (Å²) in [5, 5.41) is 4.91. The Labute approximate surface area is 136 Å². The predicted octanol–water partition coefficient (Wildman–Crippen LogP) is 3.73. The van der Waals surface area contributed by atoms with Gasteiger partial charge in [0.05, 0.1) is 5.71 Å². The number of carbonyl (C=O) groups is 1. The zero-order chi connectivity index (χ0) is 16.3. The van der Waals surface area contributed by atoms with E-state index in [0.29, 0.717) is 11.4 Å². The number of benzene rings is 1. The zero-order valence-corrected chi connectivity index (χ0v) is 14.3. The van der Waals surface area contributed by atoms with Crippen molar-refractivity contribution in [2.75, 3.05) is 6.54 Å². The number of halogens is 1. The molecule has 2 rings (SSSR count). The average molecular weight is 320 g/mol. The molecule has 0 saturated heterocycles. The minimum Gasteiger partial charge on any atom is -0.289 e. The van der Waals surface area contributed by atoms with Crippen LogP contribution >= 0.6 is 11.6 Å². The fourth-order valence-corrected chi connectivity index (χ4v) is 2.79. The molecule has 1 aliphatic heterocycles. The normalized spacial score (nSPS) is 19.0. The number of nitrogens with zero attached hydrogens (tertiary/aromatic N) is 2. The van der Waals surface area contributed by atoms with Crippen LogP contribution in [0.3, 0.4) is 0 Å². The lowest BCUT2D eigenvalue weighted by Gasteiger charge is -2.20. The first kappa shape index (κ1) is 16.7. The van der Waals surface area contributed by atoms with E-state index in [2.05, 4.69) is 28.5 Å². The molecule has 1 aromatic rings. The molecule has 1 atom stereocenters. The van der Waals surface area contributed by atoms with Crippen molar-refractivity contribution in [1.82, 2.24) is 5.43 Å². The van der Waals surface area contributed by atoms with Crippen LogP contribution in [-0.2, 0) is 4.79 Å². The van der Waals surface area contributed by atoms with Crippen molar-refractivity contribution in [3.8, 4) is 0 Å². The Balaban J connectivity index is 2.47. The van der Waals surface area contributed by atoms with Gasteiger partial charge in [-0.2, -0.15) is 5.10 Å². The second kappa shape index (κ2) is 7.05. The monoisotopic (exact) mass is 319 g/mol. The third-order valence-corrected chi connectivity index (χ3v) is 4.25. The molecule has 0 radical (unpaired) electrons. The second-order valence-electron chi connectivity index (χ2n) is 5.73. The van der Waals surface area contributed by atoms with Crippen molar-refractivity contribution in [3.63, 3.8) is 0 Å². The van der Waals surface area contributed by atoms with Crippen LogP contribution in [0.1, 0.15) is 50.3 Å². The zero-order valence-electron chi connectivity index (χ0n) is 13.5. The number of amides is 1. The highest BCUT2D eigenvalue weighted by molar-refractivity contribution is 6.32. The van der Waals surface area contributed by atoms with E-state index in [4.69, 9.17) is 11.6 Å². The highest BCUT2D eigenvalue weighted by atomic mass is 35.5. The van der Waals surface area contributed by atoms with Crippen molar-refractivity contribution >= 4 is 28.9 Å². The van der Waals surface area contributed by atoms with Gasteiger partial charge in [0.2, 0.25) is 5.91 Å². The molecule has 0 fully saturated rings. The van der Waals surface area contributed by atoms with Gasteiger partial charge in [0.15, 0.2) is 0 Å². The van der Waals surface area contributed by atoms with Gasteiger partial charge in [-0.3, -0.25) is 9.79 Å². The highest BCUT2D eigenvalue weighted by Crippen LogP contribution is 2.26. The first-order valence-corrected chi connectivity index (χ1v) is 8.00. The lowest BCUT2D eigenvalue weighted by molar-refractivity contribution is -0.121. The van der Waals surface area contributed by atoms with E-state index in [1.807, 2.05) is 26.8 Å². The Morgan fingerprint density at radius 2 is 2.23 bits per heavy atom. The maximum atomic E-state index is 11.4. The molecule has 0 spiro atoms. The molecular formula is C17H22ClN3O. The number of hydrogen-bond donors (Lipinski definition) is 1. The molecule has 1 aromatic carbocycles. The summed E-state index contributed by atoms with van der Waals surface area (Å²) in [6.07, 6.45) is 1.46. The van der Waals surface area contributed by atoms with Crippen LogP contribution in [0.2, 0.25) is 5.02 Å². The third kappa shape index (κ3) is 3.55. The topological polar surface area (TPSA) is 53.8 Å². The van der Waals surface area contributed by atoms with E-state index in [9.17, 15) is 4.79 Å². The molecule has 1 aliphatic rings. The Kier molecular flexibility index (Phi) is 5.35. The van der Waals surface area contributed by atoms with Crippen LogP contribution in [0.15, 0.2) is 22.2 Å². The molecule has 1 amide bonds. The smallest absolute Gasteiger partial charge is 0.240 e. The number of rotatable bonds is 4. The van der Waals surface area contributed by atoms with Crippen molar-refractivity contribution in [2.24, 2.45) is 16.0 Å². The average Bonchev–Trinajstić information content (AvgIpc) is 2.47. The van der Waals surface area contributed by atoms with E-state index < -0.39 is 0 Å². The highest BCUT2D eigenvalue weighted by Gasteiger charge is 2.23. The van der Waals surface area contributed by atoms with Gasteiger partial charge in [0.1, 0.15) is 0 Å². The summed E-state index contributed by atoms with van der Waals surface area (Å²) in [4.78, 5) is 16.0. The molecule has 1 N–H and O–H groups in total. The van der Waals surface area contributed by atoms with Gasteiger partial charge < -0.3 is 0 Å². The van der Waals surface area contributed by atoms with Gasteiger partial charge in [-0.15, -0.1) is 0 Å². The SMILES string of the molecule is CCCN=C(C)c1cc(C2=NNC(=O)CC2C)cc(Cl)c1C. The molecular weight excluding hydrogens is 298 g/mol. The summed E-state index contributed by atoms with van der Waals surface area (Å²) in [6, 6.07) is 3.99. The molecule has 1 unspecified atom stereocenters. The predicted molar refractivity (Wildman–Crippen MR) is 92.0 cm³/mol. The molecule has 22 heavy (non-hydrogen) atoms. The minimum absolute atomic E-state index is 0.0460. The summed E-state index contributed by atoms with van der Waals surface area (Å²) in [6.45, 7) is 8.92. The molecule has 0 bridgehead atoms. The summed E-state index contributed by atoms with van der Waals surface area (Å²) in [7, 11) is 0. The number of aliphatic imine (C=N–C) groups is 1. The van der Waals surface area contributed by atoms with Crippen LogP contribution < -0.4 is 5.43 Å². The van der Waals surface area contributed by atoms with Crippen LogP contribution in [0.4, 0.5) is 0 Å². The van der Waals surface area contributed by atoms with Crippen LogP contribution in [0.25, 0.3) is 0 Å². The number of nitrogens with one attached hydrogen (secondary N) is 1. The Morgan fingerprint density at radius 1 is 1.50 bits per heavy atom. The van der Waals surface area contributed by atoms with Crippen LogP contribution in [0, 0.1) is 12.8 Å². The molecule has 0 aromatic heterocycles. The number of hydrogen-bond acceptors (Lipinski definition) is 3.